The number of nitrogens with zero attached hydrogens (tertiary/aromatic N) is 4. The highest BCUT2D eigenvalue weighted by molar-refractivity contribution is 6.13. The molecule has 0 radical (unpaired) electrons. The van der Waals surface area contributed by atoms with E-state index in [9.17, 15) is 53.1 Å². The van der Waals surface area contributed by atoms with Gasteiger partial charge in [0.05, 0.1) is 48.5 Å². The van der Waals surface area contributed by atoms with E-state index in [0.29, 0.717) is 73.1 Å². The highest BCUT2D eigenvalue weighted by Crippen LogP contribution is 2.51. The minimum absolute atomic E-state index is 0.0147. The zero-order valence-electron chi connectivity index (χ0n) is 44.8. The number of aliphatic hydroxyl groups is 1. The lowest BCUT2D eigenvalue weighted by Crippen LogP contribution is -2.60. The fourth-order valence-electron chi connectivity index (χ4n) is 11.1. The SMILES string of the molecule is CC[C@@]1(O)C(=O)OCC2=C1CC1c3nc4cc(F)c(C)c5c4c(c3CN1C2=O)[C@@H](NC(=O)CCN(C)CCNC(=O)CNC(=O)C(C)(Cc1ccccc1)NC(=O)CNC(=O)CNC(=O)CCCCCN1C(=O)C=CC1=O)CC5. The van der Waals surface area contributed by atoms with E-state index in [1.54, 1.807) is 56.1 Å². The third kappa shape index (κ3) is 12.7. The average molecular weight is 1090 g/mol. The molecular weight excluding hydrogens is 1020 g/mol. The highest BCUT2D eigenvalue weighted by Gasteiger charge is 2.53. The summed E-state index contributed by atoms with van der Waals surface area (Å²) in [5.74, 6) is -5.45. The molecule has 0 saturated carbocycles. The Balaban J connectivity index is 0.785. The van der Waals surface area contributed by atoms with Gasteiger partial charge in [-0.1, -0.05) is 43.7 Å². The van der Waals surface area contributed by atoms with Crippen molar-refractivity contribution in [3.63, 3.8) is 0 Å². The minimum Gasteiger partial charge on any atom is -0.458 e. The number of carbonyl (C=O) groups is 10. The number of hydrogen-bond acceptors (Lipinski definition) is 14. The lowest BCUT2D eigenvalue weighted by molar-refractivity contribution is -0.165. The second kappa shape index (κ2) is 24.4. The van der Waals surface area contributed by atoms with Crippen molar-refractivity contribution < 1.29 is 62.2 Å². The number of aryl methyl sites for hydroxylation is 1. The number of cyclic esters (lactones) is 1. The van der Waals surface area contributed by atoms with Gasteiger partial charge in [-0.25, -0.2) is 9.18 Å². The van der Waals surface area contributed by atoms with Gasteiger partial charge in [0.2, 0.25) is 35.4 Å². The molecule has 5 heterocycles. The molecule has 3 aromatic rings. The number of fused-ring (bicyclic) bond motifs is 4. The van der Waals surface area contributed by atoms with E-state index in [1.165, 1.54) is 25.1 Å². The molecule has 0 bridgehead atoms. The van der Waals surface area contributed by atoms with Crippen molar-refractivity contribution in [2.24, 2.45) is 0 Å². The van der Waals surface area contributed by atoms with E-state index in [-0.39, 0.29) is 93.5 Å². The molecule has 7 N–H and O–H groups in total. The molecule has 8 rings (SSSR count). The molecule has 2 unspecified atom stereocenters. The summed E-state index contributed by atoms with van der Waals surface area (Å²) in [4.78, 5) is 138. The van der Waals surface area contributed by atoms with Gasteiger partial charge in [-0.3, -0.25) is 53.0 Å². The zero-order chi connectivity index (χ0) is 56.8. The number of hydrogen-bond donors (Lipinski definition) is 7. The van der Waals surface area contributed by atoms with Gasteiger partial charge in [-0.2, -0.15) is 0 Å². The van der Waals surface area contributed by atoms with Crippen molar-refractivity contribution in [1.82, 2.24) is 51.6 Å². The standard InChI is InChI=1S/C56H67FN10O12/c1-5-56(78)37-24-41-51-35(30-67(41)52(75)36(37)31-79-54(56)77)50-39(16-15-34-32(2)38(57)25-40(63-51)49(34)50)62-43(69)19-22-65(4)23-20-58-44(70)28-61-53(76)55(3,26-33-12-8-6-9-13-33)64-46(72)29-60-45(71)27-59-42(68)14-10-7-11-21-66-47(73)17-18-48(66)74/h6,8-9,12-13,17-18,25,39,41,78H,5,7,10-11,14-16,19-24,26-31H2,1-4H3,(H,58,70)(H,59,68)(H,60,71)(H,61,76)(H,62,69)(H,64,72)/t39-,41?,55?,56-/m0/s1. The van der Waals surface area contributed by atoms with Crippen LogP contribution in [0, 0.1) is 12.7 Å². The molecule has 0 saturated heterocycles. The molecule has 4 atom stereocenters. The predicted molar refractivity (Wildman–Crippen MR) is 282 cm³/mol. The Kier molecular flexibility index (Phi) is 17.7. The van der Waals surface area contributed by atoms with Crippen LogP contribution in [0.4, 0.5) is 4.39 Å². The molecule has 4 aliphatic heterocycles. The van der Waals surface area contributed by atoms with Gasteiger partial charge >= 0.3 is 5.97 Å². The smallest absolute Gasteiger partial charge is 0.342 e. The number of imide groups is 1. The Hall–Kier alpha value is -7.92. The molecule has 22 nitrogen and oxygen atoms in total. The molecule has 420 valence electrons. The fraction of sp³-hybridized carbons (Fsp3) is 0.482. The van der Waals surface area contributed by atoms with E-state index in [1.807, 2.05) is 4.90 Å². The van der Waals surface area contributed by atoms with Crippen LogP contribution in [0.1, 0.15) is 111 Å². The van der Waals surface area contributed by atoms with Crippen LogP contribution < -0.4 is 31.9 Å². The number of halogens is 1. The molecule has 9 amide bonds. The van der Waals surface area contributed by atoms with Gasteiger partial charge in [0.1, 0.15) is 18.0 Å². The second-order valence-corrected chi connectivity index (χ2v) is 21.0. The van der Waals surface area contributed by atoms with Crippen LogP contribution in [-0.4, -0.2) is 155 Å². The number of unbranched alkanes of at least 4 members (excludes halogenated alkanes) is 2. The van der Waals surface area contributed by atoms with Crippen LogP contribution in [0.3, 0.4) is 0 Å². The average Bonchev–Trinajstić information content (AvgIpc) is 4.23. The number of carbonyl (C=O) groups excluding carboxylic acids is 10. The summed E-state index contributed by atoms with van der Waals surface area (Å²) in [5.41, 5.74) is 1.52. The minimum atomic E-state index is -1.95. The maximum absolute atomic E-state index is 15.4. The van der Waals surface area contributed by atoms with Crippen LogP contribution in [0.25, 0.3) is 10.9 Å². The van der Waals surface area contributed by atoms with Gasteiger partial charge in [0, 0.05) is 81.2 Å². The third-order valence-corrected chi connectivity index (χ3v) is 15.5. The summed E-state index contributed by atoms with van der Waals surface area (Å²) in [5, 5.41) is 28.3. The zero-order valence-corrected chi connectivity index (χ0v) is 44.8. The van der Waals surface area contributed by atoms with E-state index in [2.05, 4.69) is 31.9 Å². The second-order valence-electron chi connectivity index (χ2n) is 21.0. The molecule has 79 heavy (non-hydrogen) atoms. The van der Waals surface area contributed by atoms with Crippen molar-refractivity contribution in [3.8, 4) is 0 Å². The Morgan fingerprint density at radius 1 is 0.873 bits per heavy atom. The maximum atomic E-state index is 15.4. The summed E-state index contributed by atoms with van der Waals surface area (Å²) in [6.45, 7) is 4.57. The van der Waals surface area contributed by atoms with Crippen LogP contribution >= 0.6 is 0 Å². The largest absolute Gasteiger partial charge is 0.458 e. The number of nitrogens with one attached hydrogen (secondary N) is 6. The summed E-state index contributed by atoms with van der Waals surface area (Å²) >= 11 is 0. The fourth-order valence-corrected chi connectivity index (χ4v) is 11.1. The Morgan fingerprint density at radius 3 is 2.30 bits per heavy atom. The first-order valence-corrected chi connectivity index (χ1v) is 26.7. The van der Waals surface area contributed by atoms with Crippen LogP contribution in [0.5, 0.6) is 0 Å². The first-order valence-electron chi connectivity index (χ1n) is 26.7. The van der Waals surface area contributed by atoms with Gasteiger partial charge in [-0.05, 0) is 87.2 Å². The highest BCUT2D eigenvalue weighted by atomic mass is 19.1. The van der Waals surface area contributed by atoms with Crippen molar-refractivity contribution in [2.45, 2.75) is 115 Å². The first-order chi connectivity index (χ1) is 37.7. The molecular formula is C56H67FN10O12. The monoisotopic (exact) mass is 1090 g/mol. The van der Waals surface area contributed by atoms with Gasteiger partial charge < -0.3 is 51.5 Å². The molecule has 2 aromatic carbocycles. The summed E-state index contributed by atoms with van der Waals surface area (Å²) in [7, 11) is 1.79. The number of amides is 9. The summed E-state index contributed by atoms with van der Waals surface area (Å²) < 4.78 is 20.7. The van der Waals surface area contributed by atoms with E-state index >= 15 is 4.39 Å². The number of esters is 1. The number of pyridine rings is 1. The van der Waals surface area contributed by atoms with E-state index < -0.39 is 78.3 Å². The normalized spacial score (nSPS) is 19.8. The van der Waals surface area contributed by atoms with Crippen LogP contribution in [-0.2, 0) is 72.1 Å². The maximum Gasteiger partial charge on any atom is 0.342 e. The Morgan fingerprint density at radius 2 is 1.57 bits per heavy atom. The van der Waals surface area contributed by atoms with Crippen molar-refractivity contribution in [1.29, 1.82) is 0 Å². The van der Waals surface area contributed by atoms with Crippen molar-refractivity contribution >= 4 is 70.0 Å². The molecule has 0 spiro atoms. The van der Waals surface area contributed by atoms with Crippen LogP contribution in [0.15, 0.2) is 59.7 Å². The molecule has 1 aliphatic carbocycles. The third-order valence-electron chi connectivity index (χ3n) is 15.5. The van der Waals surface area contributed by atoms with E-state index in [4.69, 9.17) is 9.72 Å². The van der Waals surface area contributed by atoms with Crippen molar-refractivity contribution in [2.75, 3.05) is 59.5 Å². The van der Waals surface area contributed by atoms with Crippen LogP contribution in [0.2, 0.25) is 0 Å². The number of rotatable bonds is 24. The lowest BCUT2D eigenvalue weighted by Gasteiger charge is -2.41. The number of aromatic nitrogens is 1. The van der Waals surface area contributed by atoms with Gasteiger partial charge in [0.25, 0.3) is 17.7 Å². The molecule has 0 fully saturated rings. The molecule has 23 heteroatoms. The predicted octanol–water partition coefficient (Wildman–Crippen LogP) is 0.957. The Labute approximate surface area is 455 Å². The lowest BCUT2D eigenvalue weighted by atomic mass is 9.78. The van der Waals surface area contributed by atoms with Crippen molar-refractivity contribution in [3.05, 3.63) is 99.0 Å². The number of ether oxygens (including phenoxy) is 1. The van der Waals surface area contributed by atoms with Gasteiger partial charge in [0.15, 0.2) is 5.60 Å². The number of benzene rings is 2. The summed E-state index contributed by atoms with van der Waals surface area (Å²) in [6, 6.07) is 9.17. The quantitative estimate of drug-likeness (QED) is 0.0374. The number of likely N-dealkylation sites (N-methyl/N-ethyl adjacent to an activating group) is 1. The summed E-state index contributed by atoms with van der Waals surface area (Å²) in [6.07, 6.45) is 5.37. The Bertz CT molecular complexity index is 3040. The first kappa shape index (κ1) is 57.3. The molecule has 5 aliphatic rings. The van der Waals surface area contributed by atoms with Gasteiger partial charge in [-0.15, -0.1) is 0 Å². The topological polar surface area (TPSA) is 295 Å². The van der Waals surface area contributed by atoms with E-state index in [0.717, 1.165) is 27.0 Å². The molecule has 1 aromatic heterocycles.